The number of esters is 1. The van der Waals surface area contributed by atoms with Crippen molar-refractivity contribution in [3.05, 3.63) is 11.3 Å². The molecule has 0 radical (unpaired) electrons. The Balaban J connectivity index is 1.55. The van der Waals surface area contributed by atoms with Gasteiger partial charge < -0.3 is 19.1 Å². The van der Waals surface area contributed by atoms with Crippen molar-refractivity contribution in [1.29, 1.82) is 0 Å². The highest BCUT2D eigenvalue weighted by molar-refractivity contribution is 5.94. The predicted octanol–water partition coefficient (Wildman–Crippen LogP) is 1.83. The lowest BCUT2D eigenvalue weighted by molar-refractivity contribution is -0.148. The zero-order valence-corrected chi connectivity index (χ0v) is 16.9. The van der Waals surface area contributed by atoms with Gasteiger partial charge in [0, 0.05) is 6.54 Å². The Kier molecular flexibility index (Phi) is 4.45. The predicted molar refractivity (Wildman–Crippen MR) is 98.1 cm³/mol. The molecular weight excluding hydrogens is 364 g/mol. The van der Waals surface area contributed by atoms with Gasteiger partial charge in [-0.1, -0.05) is 0 Å². The first-order valence-corrected chi connectivity index (χ1v) is 9.89. The van der Waals surface area contributed by atoms with Gasteiger partial charge in [0.2, 0.25) is 5.91 Å². The lowest BCUT2D eigenvalue weighted by atomic mass is 9.70. The van der Waals surface area contributed by atoms with Crippen molar-refractivity contribution in [1.82, 2.24) is 9.80 Å². The Morgan fingerprint density at radius 1 is 1.18 bits per heavy atom. The molecule has 0 aromatic carbocycles. The minimum atomic E-state index is -0.569. The topological polar surface area (TPSA) is 85.4 Å². The fourth-order valence-electron chi connectivity index (χ4n) is 4.92. The number of piperidine rings is 1. The summed E-state index contributed by atoms with van der Waals surface area (Å²) in [4.78, 5) is 41.4. The Labute approximate surface area is 164 Å². The van der Waals surface area contributed by atoms with Crippen LogP contribution >= 0.6 is 0 Å². The maximum Gasteiger partial charge on any atom is 0.410 e. The molecule has 0 unspecified atom stereocenters. The van der Waals surface area contributed by atoms with Crippen LogP contribution in [0, 0.1) is 5.41 Å². The maximum absolute atomic E-state index is 13.4. The molecule has 3 fully saturated rings. The second-order valence-electron chi connectivity index (χ2n) is 9.28. The molecule has 0 N–H and O–H groups in total. The highest BCUT2D eigenvalue weighted by Gasteiger charge is 2.57. The van der Waals surface area contributed by atoms with E-state index < -0.39 is 11.0 Å². The van der Waals surface area contributed by atoms with Crippen LogP contribution in [0.5, 0.6) is 0 Å². The van der Waals surface area contributed by atoms with E-state index in [-0.39, 0.29) is 36.7 Å². The fourth-order valence-corrected chi connectivity index (χ4v) is 4.92. The van der Waals surface area contributed by atoms with Crippen LogP contribution in [-0.4, -0.2) is 71.8 Å². The van der Waals surface area contributed by atoms with Crippen LogP contribution in [0.1, 0.15) is 47.0 Å². The number of carbonyl (C=O) groups excluding carboxylic acids is 3. The third kappa shape index (κ3) is 3.07. The fraction of sp³-hybridized carbons (Fsp3) is 0.750. The van der Waals surface area contributed by atoms with E-state index in [9.17, 15) is 14.4 Å². The molecule has 2 bridgehead atoms. The van der Waals surface area contributed by atoms with E-state index >= 15 is 0 Å². The summed E-state index contributed by atoms with van der Waals surface area (Å²) in [5.41, 5.74) is 0.111. The normalized spacial score (nSPS) is 33.0. The van der Waals surface area contributed by atoms with E-state index in [0.717, 1.165) is 0 Å². The van der Waals surface area contributed by atoms with Crippen molar-refractivity contribution >= 4 is 18.0 Å². The summed E-state index contributed by atoms with van der Waals surface area (Å²) in [6.45, 7) is 8.81. The first-order chi connectivity index (χ1) is 13.1. The lowest BCUT2D eigenvalue weighted by Gasteiger charge is -2.51. The molecule has 4 aliphatic heterocycles. The summed E-state index contributed by atoms with van der Waals surface area (Å²) in [6.07, 6.45) is 1.49. The Hall–Kier alpha value is -2.09. The summed E-state index contributed by atoms with van der Waals surface area (Å²) in [5, 5.41) is 0. The van der Waals surface area contributed by atoms with E-state index in [1.54, 1.807) is 16.7 Å². The first kappa shape index (κ1) is 19.2. The number of cyclic esters (lactones) is 1. The van der Waals surface area contributed by atoms with Crippen molar-refractivity contribution in [3.8, 4) is 0 Å². The molecule has 0 aliphatic carbocycles. The molecule has 28 heavy (non-hydrogen) atoms. The summed E-state index contributed by atoms with van der Waals surface area (Å²) < 4.78 is 16.4. The second-order valence-corrected chi connectivity index (χ2v) is 9.28. The van der Waals surface area contributed by atoms with Gasteiger partial charge in [0.05, 0.1) is 42.0 Å². The van der Waals surface area contributed by atoms with Crippen molar-refractivity contribution < 1.29 is 28.6 Å². The summed E-state index contributed by atoms with van der Waals surface area (Å²) in [5.74, 6) is -0.311. The number of ether oxygens (including phenoxy) is 3. The van der Waals surface area contributed by atoms with Crippen LogP contribution < -0.4 is 0 Å². The third-order valence-electron chi connectivity index (χ3n) is 6.18. The van der Waals surface area contributed by atoms with Crippen molar-refractivity contribution in [2.24, 2.45) is 5.41 Å². The van der Waals surface area contributed by atoms with Gasteiger partial charge in [-0.2, -0.15) is 0 Å². The lowest BCUT2D eigenvalue weighted by Crippen LogP contribution is -2.63. The zero-order chi connectivity index (χ0) is 20.3. The van der Waals surface area contributed by atoms with Crippen LogP contribution in [0.4, 0.5) is 4.79 Å². The smallest absolute Gasteiger partial charge is 0.410 e. The van der Waals surface area contributed by atoms with Gasteiger partial charge >= 0.3 is 12.1 Å². The van der Waals surface area contributed by atoms with E-state index in [1.807, 2.05) is 20.8 Å². The number of likely N-dealkylation sites (tertiary alicyclic amines) is 1. The third-order valence-corrected chi connectivity index (χ3v) is 6.18. The number of carbonyl (C=O) groups is 3. The van der Waals surface area contributed by atoms with Crippen molar-refractivity contribution in [2.45, 2.75) is 64.6 Å². The highest BCUT2D eigenvalue weighted by Crippen LogP contribution is 2.49. The Bertz CT molecular complexity index is 738. The van der Waals surface area contributed by atoms with Gasteiger partial charge in [0.25, 0.3) is 0 Å². The van der Waals surface area contributed by atoms with Crippen LogP contribution in [0.3, 0.4) is 0 Å². The van der Waals surface area contributed by atoms with Gasteiger partial charge in [0.1, 0.15) is 12.2 Å². The number of rotatable bonds is 1. The molecule has 0 aromatic rings. The van der Waals surface area contributed by atoms with Crippen LogP contribution in [0.25, 0.3) is 0 Å². The molecule has 0 saturated carbocycles. The molecule has 8 heteroatoms. The molecule has 4 aliphatic rings. The first-order valence-electron chi connectivity index (χ1n) is 9.89. The van der Waals surface area contributed by atoms with Crippen LogP contribution in [-0.2, 0) is 23.8 Å². The van der Waals surface area contributed by atoms with Gasteiger partial charge in [0.15, 0.2) is 0 Å². The van der Waals surface area contributed by atoms with Crippen LogP contribution in [0.15, 0.2) is 11.3 Å². The van der Waals surface area contributed by atoms with E-state index in [0.29, 0.717) is 50.3 Å². The molecule has 3 atom stereocenters. The molecule has 4 heterocycles. The quantitative estimate of drug-likeness (QED) is 0.633. The standard InChI is InChI=1S/C20H28N2O6/c1-12-15(11-27-16(12)23)21-6-5-20(17(21)24)7-13-9-26-10-14(8-20)22(13)18(25)28-19(2,3)4/h13-14H,5-11H2,1-4H3/t13-,14+,20-. The summed E-state index contributed by atoms with van der Waals surface area (Å²) >= 11 is 0. The van der Waals surface area contributed by atoms with Gasteiger partial charge in [-0.3, -0.25) is 9.69 Å². The minimum Gasteiger partial charge on any atom is -0.456 e. The molecule has 1 spiro atoms. The SMILES string of the molecule is CC1=C(N2CC[C@@]3(C[C@H]4COC[C@@H](C3)N4C(=O)OC(C)(C)C)C2=O)COC1=O. The number of nitrogens with zero attached hydrogens (tertiary/aromatic N) is 2. The number of hydrogen-bond acceptors (Lipinski definition) is 6. The average Bonchev–Trinajstić information content (AvgIpc) is 3.06. The Morgan fingerprint density at radius 2 is 1.82 bits per heavy atom. The monoisotopic (exact) mass is 392 g/mol. The van der Waals surface area contributed by atoms with Crippen LogP contribution in [0.2, 0.25) is 0 Å². The summed E-state index contributed by atoms with van der Waals surface area (Å²) in [7, 11) is 0. The highest BCUT2D eigenvalue weighted by atomic mass is 16.6. The molecule has 3 saturated heterocycles. The van der Waals surface area contributed by atoms with E-state index in [1.165, 1.54) is 0 Å². The van der Waals surface area contributed by atoms with E-state index in [4.69, 9.17) is 14.2 Å². The molecule has 2 amide bonds. The molecule has 8 nitrogen and oxygen atoms in total. The number of hydrogen-bond donors (Lipinski definition) is 0. The number of fused-ring (bicyclic) bond motifs is 2. The molecular formula is C20H28N2O6. The van der Waals surface area contributed by atoms with Gasteiger partial charge in [-0.05, 0) is 47.0 Å². The largest absolute Gasteiger partial charge is 0.456 e. The molecule has 154 valence electrons. The van der Waals surface area contributed by atoms with Gasteiger partial charge in [-0.15, -0.1) is 0 Å². The number of amides is 2. The maximum atomic E-state index is 13.4. The average molecular weight is 392 g/mol. The summed E-state index contributed by atoms with van der Waals surface area (Å²) in [6, 6.07) is -0.356. The molecule has 4 rings (SSSR count). The number of morpholine rings is 1. The zero-order valence-electron chi connectivity index (χ0n) is 16.9. The van der Waals surface area contributed by atoms with Gasteiger partial charge in [-0.25, -0.2) is 9.59 Å². The van der Waals surface area contributed by atoms with Crippen molar-refractivity contribution in [3.63, 3.8) is 0 Å². The minimum absolute atomic E-state index is 0.0425. The second kappa shape index (κ2) is 6.47. The van der Waals surface area contributed by atoms with Crippen molar-refractivity contribution in [2.75, 3.05) is 26.4 Å². The Morgan fingerprint density at radius 3 is 2.36 bits per heavy atom. The van der Waals surface area contributed by atoms with E-state index in [2.05, 4.69) is 0 Å². The molecule has 0 aromatic heterocycles.